The Morgan fingerprint density at radius 1 is 1.22 bits per heavy atom. The number of hydrogen-bond donors (Lipinski definition) is 2. The maximum absolute atomic E-state index is 12.1. The summed E-state index contributed by atoms with van der Waals surface area (Å²) in [6.45, 7) is 4.69. The van der Waals surface area contributed by atoms with Gasteiger partial charge in [0, 0.05) is 13.1 Å². The summed E-state index contributed by atoms with van der Waals surface area (Å²) in [5, 5.41) is 9.88. The molecule has 0 saturated carbocycles. The number of phenols is 1. The summed E-state index contributed by atoms with van der Waals surface area (Å²) in [7, 11) is -3.55. The first-order valence-electron chi connectivity index (χ1n) is 5.98. The van der Waals surface area contributed by atoms with Gasteiger partial charge in [-0.3, -0.25) is 4.72 Å². The monoisotopic (exact) mass is 270 g/mol. The highest BCUT2D eigenvalue weighted by Gasteiger charge is 2.26. The van der Waals surface area contributed by atoms with E-state index in [1.807, 2.05) is 13.0 Å². The number of aromatic hydroxyl groups is 1. The molecule has 5 nitrogen and oxygen atoms in total. The zero-order valence-corrected chi connectivity index (χ0v) is 11.4. The Morgan fingerprint density at radius 3 is 2.44 bits per heavy atom. The van der Waals surface area contributed by atoms with Gasteiger partial charge in [0.15, 0.2) is 0 Å². The van der Waals surface area contributed by atoms with Gasteiger partial charge in [0.05, 0.1) is 5.69 Å². The molecule has 0 radical (unpaired) electrons. The van der Waals surface area contributed by atoms with E-state index in [4.69, 9.17) is 0 Å². The molecule has 1 aromatic rings. The lowest BCUT2D eigenvalue weighted by molar-refractivity contribution is 0.469. The zero-order valence-electron chi connectivity index (χ0n) is 10.6. The summed E-state index contributed by atoms with van der Waals surface area (Å²) in [4.78, 5) is 0. The minimum absolute atomic E-state index is 0.0108. The van der Waals surface area contributed by atoms with Gasteiger partial charge in [0.1, 0.15) is 5.75 Å². The topological polar surface area (TPSA) is 69.6 Å². The van der Waals surface area contributed by atoms with Crippen LogP contribution in [0.5, 0.6) is 5.75 Å². The van der Waals surface area contributed by atoms with E-state index in [0.29, 0.717) is 18.7 Å². The fourth-order valence-electron chi connectivity index (χ4n) is 2.17. The van der Waals surface area contributed by atoms with Crippen LogP contribution in [0.3, 0.4) is 0 Å². The van der Waals surface area contributed by atoms with Crippen molar-refractivity contribution in [1.82, 2.24) is 4.31 Å². The normalized spacial score (nSPS) is 17.0. The molecule has 0 bridgehead atoms. The van der Waals surface area contributed by atoms with Crippen LogP contribution in [0.15, 0.2) is 12.1 Å². The predicted molar refractivity (Wildman–Crippen MR) is 70.9 cm³/mol. The predicted octanol–water partition coefficient (Wildman–Crippen LogP) is 1.76. The van der Waals surface area contributed by atoms with Crippen molar-refractivity contribution in [1.29, 1.82) is 0 Å². The molecule has 1 aliphatic heterocycles. The van der Waals surface area contributed by atoms with E-state index in [0.717, 1.165) is 18.4 Å². The fourth-order valence-corrected chi connectivity index (χ4v) is 3.47. The third kappa shape index (κ3) is 2.59. The number of phenolic OH excluding ortho intramolecular Hbond substituents is 1. The first-order valence-corrected chi connectivity index (χ1v) is 7.42. The van der Waals surface area contributed by atoms with Crippen LogP contribution < -0.4 is 4.72 Å². The van der Waals surface area contributed by atoms with E-state index < -0.39 is 10.2 Å². The second-order valence-corrected chi connectivity index (χ2v) is 6.36. The summed E-state index contributed by atoms with van der Waals surface area (Å²) < 4.78 is 28.0. The van der Waals surface area contributed by atoms with E-state index in [2.05, 4.69) is 4.72 Å². The third-order valence-electron chi connectivity index (χ3n) is 3.09. The van der Waals surface area contributed by atoms with Crippen molar-refractivity contribution in [2.24, 2.45) is 0 Å². The van der Waals surface area contributed by atoms with Gasteiger partial charge in [-0.15, -0.1) is 0 Å². The number of anilines is 1. The molecule has 0 aromatic heterocycles. The van der Waals surface area contributed by atoms with Crippen molar-refractivity contribution in [3.63, 3.8) is 0 Å². The molecule has 100 valence electrons. The molecule has 1 heterocycles. The molecule has 2 N–H and O–H groups in total. The number of hydrogen-bond acceptors (Lipinski definition) is 3. The molecule has 0 atom stereocenters. The molecule has 1 aromatic carbocycles. The Hall–Kier alpha value is -1.27. The second-order valence-electron chi connectivity index (χ2n) is 4.69. The first-order chi connectivity index (χ1) is 8.40. The van der Waals surface area contributed by atoms with Crippen LogP contribution in [-0.2, 0) is 10.2 Å². The van der Waals surface area contributed by atoms with Crippen LogP contribution in [0.25, 0.3) is 0 Å². The summed E-state index contributed by atoms with van der Waals surface area (Å²) in [6, 6.07) is 3.44. The Morgan fingerprint density at radius 2 is 1.83 bits per heavy atom. The number of rotatable bonds is 3. The maximum Gasteiger partial charge on any atom is 0.301 e. The summed E-state index contributed by atoms with van der Waals surface area (Å²) in [5.41, 5.74) is 1.82. The number of aryl methyl sites for hydroxylation is 2. The van der Waals surface area contributed by atoms with Gasteiger partial charge in [-0.05, 0) is 43.9 Å². The Balaban J connectivity index is 2.28. The highest BCUT2D eigenvalue weighted by molar-refractivity contribution is 7.90. The lowest BCUT2D eigenvalue weighted by Gasteiger charge is -2.18. The standard InChI is InChI=1S/C12H18N2O3S/c1-9-7-10(2)12(15)11(8-9)13-18(16,17)14-5-3-4-6-14/h7-8,13,15H,3-6H2,1-2H3. The van der Waals surface area contributed by atoms with Gasteiger partial charge in [-0.2, -0.15) is 12.7 Å². The average Bonchev–Trinajstić information content (AvgIpc) is 2.78. The van der Waals surface area contributed by atoms with Gasteiger partial charge < -0.3 is 5.11 Å². The minimum Gasteiger partial charge on any atom is -0.505 e. The fraction of sp³-hybridized carbons (Fsp3) is 0.500. The van der Waals surface area contributed by atoms with E-state index in [1.165, 1.54) is 4.31 Å². The van der Waals surface area contributed by atoms with Crippen LogP contribution in [-0.4, -0.2) is 30.9 Å². The summed E-state index contributed by atoms with van der Waals surface area (Å²) in [5.74, 6) is -0.0108. The molecule has 1 fully saturated rings. The molecule has 18 heavy (non-hydrogen) atoms. The van der Waals surface area contributed by atoms with Crippen molar-refractivity contribution in [2.75, 3.05) is 17.8 Å². The summed E-state index contributed by atoms with van der Waals surface area (Å²) in [6.07, 6.45) is 1.78. The van der Waals surface area contributed by atoms with Crippen molar-refractivity contribution in [3.8, 4) is 5.75 Å². The number of nitrogens with one attached hydrogen (secondary N) is 1. The van der Waals surface area contributed by atoms with Gasteiger partial charge in [-0.1, -0.05) is 6.07 Å². The first kappa shape index (κ1) is 13.2. The SMILES string of the molecule is Cc1cc(C)c(O)c(NS(=O)(=O)N2CCCC2)c1. The van der Waals surface area contributed by atoms with Gasteiger partial charge >= 0.3 is 10.2 Å². The van der Waals surface area contributed by atoms with Crippen LogP contribution in [0.2, 0.25) is 0 Å². The quantitative estimate of drug-likeness (QED) is 0.822. The highest BCUT2D eigenvalue weighted by atomic mass is 32.2. The maximum atomic E-state index is 12.1. The Bertz CT molecular complexity index is 549. The molecule has 1 aliphatic rings. The van der Waals surface area contributed by atoms with E-state index in [9.17, 15) is 13.5 Å². The molecule has 1 saturated heterocycles. The summed E-state index contributed by atoms with van der Waals surface area (Å²) >= 11 is 0. The van der Waals surface area contributed by atoms with E-state index in [-0.39, 0.29) is 11.4 Å². The van der Waals surface area contributed by atoms with Gasteiger partial charge in [0.2, 0.25) is 0 Å². The molecule has 6 heteroatoms. The third-order valence-corrected chi connectivity index (χ3v) is 4.61. The molecule has 0 amide bonds. The molecule has 0 unspecified atom stereocenters. The Kier molecular flexibility index (Phi) is 3.49. The van der Waals surface area contributed by atoms with Crippen molar-refractivity contribution >= 4 is 15.9 Å². The lowest BCUT2D eigenvalue weighted by Crippen LogP contribution is -2.33. The number of nitrogens with zero attached hydrogens (tertiary/aromatic N) is 1. The minimum atomic E-state index is -3.55. The van der Waals surface area contributed by atoms with E-state index in [1.54, 1.807) is 13.0 Å². The number of benzene rings is 1. The zero-order chi connectivity index (χ0) is 13.3. The van der Waals surface area contributed by atoms with Crippen LogP contribution in [0.1, 0.15) is 24.0 Å². The largest absolute Gasteiger partial charge is 0.505 e. The second kappa shape index (κ2) is 4.78. The van der Waals surface area contributed by atoms with Crippen LogP contribution in [0, 0.1) is 13.8 Å². The smallest absolute Gasteiger partial charge is 0.301 e. The van der Waals surface area contributed by atoms with Gasteiger partial charge in [-0.25, -0.2) is 0 Å². The van der Waals surface area contributed by atoms with Crippen molar-refractivity contribution in [3.05, 3.63) is 23.3 Å². The molecule has 0 aliphatic carbocycles. The van der Waals surface area contributed by atoms with Crippen molar-refractivity contribution in [2.45, 2.75) is 26.7 Å². The van der Waals surface area contributed by atoms with Crippen molar-refractivity contribution < 1.29 is 13.5 Å². The molecular formula is C12H18N2O3S. The average molecular weight is 270 g/mol. The van der Waals surface area contributed by atoms with Gasteiger partial charge in [0.25, 0.3) is 0 Å². The van der Waals surface area contributed by atoms with Crippen LogP contribution >= 0.6 is 0 Å². The van der Waals surface area contributed by atoms with Crippen LogP contribution in [0.4, 0.5) is 5.69 Å². The lowest BCUT2D eigenvalue weighted by atomic mass is 10.1. The molecular weight excluding hydrogens is 252 g/mol. The highest BCUT2D eigenvalue weighted by Crippen LogP contribution is 2.30. The Labute approximate surface area is 108 Å². The van der Waals surface area contributed by atoms with E-state index >= 15 is 0 Å². The molecule has 2 rings (SSSR count). The molecule has 0 spiro atoms.